The largest absolute Gasteiger partial charge is 0.369 e. The van der Waals surface area contributed by atoms with Gasteiger partial charge in [-0.1, -0.05) is 35.3 Å². The molecule has 0 unspecified atom stereocenters. The molecule has 0 amide bonds. The van der Waals surface area contributed by atoms with E-state index in [1.54, 1.807) is 10.6 Å². The van der Waals surface area contributed by atoms with Gasteiger partial charge in [-0.25, -0.2) is 15.0 Å². The van der Waals surface area contributed by atoms with Crippen LogP contribution in [0.2, 0.25) is 10.2 Å². The molecule has 0 saturated carbocycles. The number of nitrogens with two attached hydrogens (primary N) is 1. The first-order valence-corrected chi connectivity index (χ1v) is 5.83. The maximum atomic E-state index is 6.15. The van der Waals surface area contributed by atoms with Crippen molar-refractivity contribution in [2.75, 3.05) is 5.73 Å². The second kappa shape index (κ2) is 4.12. The molecule has 5 nitrogen and oxygen atoms in total. The SMILES string of the molecule is Nc1nc2c(Cl)ncnc2n1-c1ccccc1Cl. The number of hydrogen-bond donors (Lipinski definition) is 1. The summed E-state index contributed by atoms with van der Waals surface area (Å²) in [6.45, 7) is 0. The zero-order chi connectivity index (χ0) is 12.7. The lowest BCUT2D eigenvalue weighted by atomic mass is 10.3. The van der Waals surface area contributed by atoms with Crippen LogP contribution < -0.4 is 5.73 Å². The molecular weight excluding hydrogens is 273 g/mol. The Balaban J connectivity index is 2.40. The normalized spacial score (nSPS) is 11.0. The Morgan fingerprint density at radius 2 is 1.89 bits per heavy atom. The van der Waals surface area contributed by atoms with Crippen molar-refractivity contribution in [1.29, 1.82) is 0 Å². The van der Waals surface area contributed by atoms with Crippen LogP contribution in [0.1, 0.15) is 0 Å². The average molecular weight is 280 g/mol. The van der Waals surface area contributed by atoms with Crippen LogP contribution in [-0.4, -0.2) is 19.5 Å². The van der Waals surface area contributed by atoms with E-state index in [1.807, 2.05) is 18.2 Å². The monoisotopic (exact) mass is 279 g/mol. The predicted molar refractivity (Wildman–Crippen MR) is 71.1 cm³/mol. The summed E-state index contributed by atoms with van der Waals surface area (Å²) in [5.74, 6) is 0.264. The lowest BCUT2D eigenvalue weighted by Gasteiger charge is -2.07. The van der Waals surface area contributed by atoms with Crippen LogP contribution in [0.4, 0.5) is 5.95 Å². The van der Waals surface area contributed by atoms with Crippen LogP contribution in [0.25, 0.3) is 16.9 Å². The highest BCUT2D eigenvalue weighted by Crippen LogP contribution is 2.28. The molecule has 2 N–H and O–H groups in total. The number of hydrogen-bond acceptors (Lipinski definition) is 4. The molecular formula is C11H7Cl2N5. The lowest BCUT2D eigenvalue weighted by Crippen LogP contribution is -2.02. The van der Waals surface area contributed by atoms with Gasteiger partial charge in [-0.05, 0) is 12.1 Å². The molecule has 0 aliphatic rings. The molecule has 0 bridgehead atoms. The van der Waals surface area contributed by atoms with Crippen LogP contribution in [0.3, 0.4) is 0 Å². The maximum Gasteiger partial charge on any atom is 0.207 e. The molecule has 3 rings (SSSR count). The minimum atomic E-state index is 0.262. The van der Waals surface area contributed by atoms with E-state index >= 15 is 0 Å². The minimum absolute atomic E-state index is 0.262. The number of benzene rings is 1. The van der Waals surface area contributed by atoms with Crippen LogP contribution >= 0.6 is 23.2 Å². The number of imidazole rings is 1. The summed E-state index contributed by atoms with van der Waals surface area (Å²) in [7, 11) is 0. The summed E-state index contributed by atoms with van der Waals surface area (Å²) in [5, 5.41) is 0.815. The minimum Gasteiger partial charge on any atom is -0.369 e. The number of nitrogens with zero attached hydrogens (tertiary/aromatic N) is 4. The van der Waals surface area contributed by atoms with Crippen molar-refractivity contribution < 1.29 is 0 Å². The van der Waals surface area contributed by atoms with Gasteiger partial charge in [0, 0.05) is 0 Å². The summed E-state index contributed by atoms with van der Waals surface area (Å²) >= 11 is 12.1. The smallest absolute Gasteiger partial charge is 0.207 e. The Morgan fingerprint density at radius 3 is 2.67 bits per heavy atom. The molecule has 0 radical (unpaired) electrons. The van der Waals surface area contributed by atoms with E-state index in [-0.39, 0.29) is 11.1 Å². The predicted octanol–water partition coefficient (Wildman–Crippen LogP) is 2.70. The Morgan fingerprint density at radius 1 is 1.11 bits per heavy atom. The van der Waals surface area contributed by atoms with E-state index in [9.17, 15) is 0 Å². The van der Waals surface area contributed by atoms with Gasteiger partial charge in [-0.15, -0.1) is 0 Å². The lowest BCUT2D eigenvalue weighted by molar-refractivity contribution is 1.07. The fraction of sp³-hybridized carbons (Fsp3) is 0. The second-order valence-corrected chi connectivity index (χ2v) is 4.36. The van der Waals surface area contributed by atoms with E-state index < -0.39 is 0 Å². The molecule has 18 heavy (non-hydrogen) atoms. The zero-order valence-corrected chi connectivity index (χ0v) is 10.5. The summed E-state index contributed by atoms with van der Waals surface area (Å²) in [6.07, 6.45) is 1.36. The molecule has 0 aliphatic heterocycles. The van der Waals surface area contributed by atoms with E-state index in [0.717, 1.165) is 0 Å². The fourth-order valence-corrected chi connectivity index (χ4v) is 2.14. The van der Waals surface area contributed by atoms with Crippen molar-refractivity contribution in [2.24, 2.45) is 0 Å². The highest BCUT2D eigenvalue weighted by molar-refractivity contribution is 6.34. The number of anilines is 1. The Labute approximate surface area is 112 Å². The van der Waals surface area contributed by atoms with Crippen molar-refractivity contribution in [1.82, 2.24) is 19.5 Å². The number of fused-ring (bicyclic) bond motifs is 1. The van der Waals surface area contributed by atoms with E-state index in [1.165, 1.54) is 6.33 Å². The number of aromatic nitrogens is 4. The number of rotatable bonds is 1. The summed E-state index contributed by atoms with van der Waals surface area (Å²) < 4.78 is 1.64. The van der Waals surface area contributed by atoms with Crippen molar-refractivity contribution in [2.45, 2.75) is 0 Å². The topological polar surface area (TPSA) is 69.6 Å². The highest BCUT2D eigenvalue weighted by atomic mass is 35.5. The third-order valence-electron chi connectivity index (χ3n) is 2.52. The van der Waals surface area contributed by atoms with Crippen molar-refractivity contribution in [3.63, 3.8) is 0 Å². The van der Waals surface area contributed by atoms with Crippen LogP contribution in [0.15, 0.2) is 30.6 Å². The molecule has 1 aromatic carbocycles. The van der Waals surface area contributed by atoms with Gasteiger partial charge in [0.15, 0.2) is 10.8 Å². The van der Waals surface area contributed by atoms with Gasteiger partial charge >= 0.3 is 0 Å². The second-order valence-electron chi connectivity index (χ2n) is 3.59. The molecule has 0 atom stereocenters. The Kier molecular flexibility index (Phi) is 2.57. The summed E-state index contributed by atoms with van der Waals surface area (Å²) in [4.78, 5) is 12.2. The van der Waals surface area contributed by atoms with Crippen molar-refractivity contribution in [3.05, 3.63) is 40.8 Å². The Hall–Kier alpha value is -1.85. The van der Waals surface area contributed by atoms with Gasteiger partial charge in [0.25, 0.3) is 0 Å². The van der Waals surface area contributed by atoms with Gasteiger partial charge in [0.05, 0.1) is 10.7 Å². The van der Waals surface area contributed by atoms with Crippen LogP contribution in [0, 0.1) is 0 Å². The first-order chi connectivity index (χ1) is 8.68. The molecule has 2 aromatic heterocycles. The number of nitrogen functional groups attached to an aromatic ring is 1. The fourth-order valence-electron chi connectivity index (χ4n) is 1.75. The summed E-state index contributed by atoms with van der Waals surface area (Å²) in [6, 6.07) is 7.29. The molecule has 0 saturated heterocycles. The first kappa shape index (κ1) is 11.3. The number of halogens is 2. The summed E-state index contributed by atoms with van der Waals surface area (Å²) in [5.41, 5.74) is 7.58. The molecule has 0 spiro atoms. The molecule has 2 heterocycles. The average Bonchev–Trinajstić information content (AvgIpc) is 2.68. The maximum absolute atomic E-state index is 6.15. The molecule has 7 heteroatoms. The van der Waals surface area contributed by atoms with Crippen LogP contribution in [-0.2, 0) is 0 Å². The van der Waals surface area contributed by atoms with E-state index in [0.29, 0.717) is 21.9 Å². The van der Waals surface area contributed by atoms with Crippen LogP contribution in [0.5, 0.6) is 0 Å². The first-order valence-electron chi connectivity index (χ1n) is 5.08. The van der Waals surface area contributed by atoms with E-state index in [2.05, 4.69) is 15.0 Å². The van der Waals surface area contributed by atoms with Gasteiger partial charge in [0.2, 0.25) is 5.95 Å². The van der Waals surface area contributed by atoms with Gasteiger partial charge < -0.3 is 5.73 Å². The highest BCUT2D eigenvalue weighted by Gasteiger charge is 2.15. The van der Waals surface area contributed by atoms with Crippen molar-refractivity contribution >= 4 is 40.3 Å². The third-order valence-corrected chi connectivity index (χ3v) is 3.12. The van der Waals surface area contributed by atoms with Crippen molar-refractivity contribution in [3.8, 4) is 5.69 Å². The van der Waals surface area contributed by atoms with E-state index in [4.69, 9.17) is 28.9 Å². The zero-order valence-electron chi connectivity index (χ0n) is 9.01. The van der Waals surface area contributed by atoms with Gasteiger partial charge in [-0.3, -0.25) is 4.57 Å². The number of para-hydroxylation sites is 1. The molecule has 0 aliphatic carbocycles. The molecule has 0 fully saturated rings. The third kappa shape index (κ3) is 1.60. The van der Waals surface area contributed by atoms with Gasteiger partial charge in [-0.2, -0.15) is 0 Å². The Bertz CT molecular complexity index is 737. The quantitative estimate of drug-likeness (QED) is 0.696. The molecule has 90 valence electrons. The standard InChI is InChI=1S/C11H7Cl2N5/c12-6-3-1-2-4-7(6)18-10-8(17-11(18)14)9(13)15-5-16-10/h1-5H,(H2,14,17). The van der Waals surface area contributed by atoms with Gasteiger partial charge in [0.1, 0.15) is 11.8 Å². The molecule has 3 aromatic rings.